The van der Waals surface area contributed by atoms with Gasteiger partial charge in [-0.2, -0.15) is 0 Å². The molecule has 0 radical (unpaired) electrons. The fourth-order valence-corrected chi connectivity index (χ4v) is 25.5. The normalized spacial score (nSPS) is 13.2. The van der Waals surface area contributed by atoms with Crippen LogP contribution in [0.1, 0.15) is 63.6 Å². The number of hydrogen-bond acceptors (Lipinski definition) is 2. The molecule has 0 bridgehead atoms. The molecule has 23 rings (SSSR count). The lowest BCUT2D eigenvalue weighted by Gasteiger charge is -2.46. The molecule has 0 spiro atoms. The molecular weight excluding hydrogens is 1620 g/mol. The van der Waals surface area contributed by atoms with E-state index in [0.29, 0.717) is 11.4 Å². The van der Waals surface area contributed by atoms with E-state index in [0.717, 1.165) is 167 Å². The van der Waals surface area contributed by atoms with Crippen LogP contribution in [0.4, 0.5) is 34.1 Å². The summed E-state index contributed by atoms with van der Waals surface area (Å²) < 4.78 is 79.7. The van der Waals surface area contributed by atoms with Crippen molar-refractivity contribution in [2.24, 2.45) is 0 Å². The summed E-state index contributed by atoms with van der Waals surface area (Å²) in [4.78, 5) is 5.13. The van der Waals surface area contributed by atoms with Crippen molar-refractivity contribution in [1.29, 1.82) is 0 Å². The van der Waals surface area contributed by atoms with Gasteiger partial charge in [0.25, 0.3) is 6.71 Å². The average molecular weight is 1730 g/mol. The smallest absolute Gasteiger partial charge is 0.252 e. The topological polar surface area (TPSA) is 11.4 Å². The molecule has 5 heteroatoms. The molecule has 1 aromatic heterocycles. The first-order valence-electron chi connectivity index (χ1n) is 50.0. The van der Waals surface area contributed by atoms with E-state index in [4.69, 9.17) is 0 Å². The average Bonchev–Trinajstić information content (AvgIpc) is 1.37. The predicted molar refractivity (Wildman–Crippen MR) is 570 cm³/mol. The van der Waals surface area contributed by atoms with Crippen molar-refractivity contribution in [3.63, 3.8) is 0 Å². The molecule has 0 aliphatic carbocycles. The fraction of sp³-hybridized carbons (Fsp3) is 0.0625. The minimum absolute atomic E-state index is 0.0121. The van der Waals surface area contributed by atoms with Crippen LogP contribution in [0, 0.1) is 0 Å². The van der Waals surface area contributed by atoms with Gasteiger partial charge in [-0.05, 0) is 239 Å². The first-order chi connectivity index (χ1) is 68.5. The van der Waals surface area contributed by atoms with Crippen molar-refractivity contribution in [3.05, 3.63) is 496 Å². The van der Waals surface area contributed by atoms with Gasteiger partial charge < -0.3 is 14.4 Å². The second kappa shape index (κ2) is 33.5. The SMILES string of the molecule is [2H]c1c([2H])c([2H])c2c(c1[2H])c1c([2H])c([2H])c([2H])c([2H])c1n2-c1ccc2c(c1)N(c1c(-c3cccc(-c4ccccc4)c3)cc(C(C)(C)C)cc1-c1cccc(-c3ccccc3)c1)c1cc(-c3ccccc3)cc3c1B2c1cc(-c2ccc([Si](c4ccccc4)(c4ccccc4)c4ccccc4)cc2)ccc1N3c1c(-c2cccc(-c3ccccc3)c2)cc(C(C)(C)C)cc1-c1cccc(-c2ccccc2)c1. The largest absolute Gasteiger partial charge is 0.310 e. The van der Waals surface area contributed by atoms with Gasteiger partial charge in [0.2, 0.25) is 0 Å². The Hall–Kier alpha value is -15.9. The Labute approximate surface area is 793 Å². The third-order valence-corrected chi connectivity index (χ3v) is 32.0. The molecule has 2 aliphatic rings. The van der Waals surface area contributed by atoms with Crippen molar-refractivity contribution in [3.8, 4) is 117 Å². The Balaban J connectivity index is 0.906. The van der Waals surface area contributed by atoms with Crippen molar-refractivity contribution in [2.75, 3.05) is 9.80 Å². The molecule has 0 saturated carbocycles. The summed E-state index contributed by atoms with van der Waals surface area (Å²) in [7, 11) is -3.05. The van der Waals surface area contributed by atoms with Gasteiger partial charge in [0.05, 0.1) is 33.4 Å². The lowest BCUT2D eigenvalue weighted by Crippen LogP contribution is -2.74. The third kappa shape index (κ3) is 14.6. The van der Waals surface area contributed by atoms with Gasteiger partial charge in [0.1, 0.15) is 0 Å². The molecule has 0 N–H and O–H groups in total. The van der Waals surface area contributed by atoms with E-state index in [1.807, 2.05) is 6.07 Å². The maximum absolute atomic E-state index is 10.2. The lowest BCUT2D eigenvalue weighted by molar-refractivity contribution is 0.590. The summed E-state index contributed by atoms with van der Waals surface area (Å²) in [6.07, 6.45) is 0. The number of rotatable bonds is 17. The molecule has 0 saturated heterocycles. The van der Waals surface area contributed by atoms with Crippen LogP contribution in [0.25, 0.3) is 139 Å². The zero-order chi connectivity index (χ0) is 96.4. The van der Waals surface area contributed by atoms with E-state index in [1.165, 1.54) is 20.7 Å². The number of anilines is 6. The first-order valence-corrected chi connectivity index (χ1v) is 48.0. The predicted octanol–water partition coefficient (Wildman–Crippen LogP) is 29.5. The van der Waals surface area contributed by atoms with Crippen LogP contribution in [0.15, 0.2) is 485 Å². The molecule has 21 aromatic rings. The maximum Gasteiger partial charge on any atom is 0.252 e. The van der Waals surface area contributed by atoms with Crippen LogP contribution in [0.2, 0.25) is 0 Å². The summed E-state index contributed by atoms with van der Waals surface area (Å²) in [6, 6.07) is 156. The van der Waals surface area contributed by atoms with Gasteiger partial charge in [-0.3, -0.25) is 0 Å². The molecule has 632 valence electrons. The highest BCUT2D eigenvalue weighted by molar-refractivity contribution is 7.20. The van der Waals surface area contributed by atoms with E-state index in [2.05, 4.69) is 482 Å². The minimum Gasteiger partial charge on any atom is -0.310 e. The van der Waals surface area contributed by atoms with Gasteiger partial charge in [0.15, 0.2) is 8.07 Å². The van der Waals surface area contributed by atoms with Crippen molar-refractivity contribution < 1.29 is 11.0 Å². The summed E-state index contributed by atoms with van der Waals surface area (Å²) in [5.74, 6) is 0. The highest BCUT2D eigenvalue weighted by Gasteiger charge is 2.47. The highest BCUT2D eigenvalue weighted by Crippen LogP contribution is 2.57. The van der Waals surface area contributed by atoms with Gasteiger partial charge in [0, 0.05) is 61.5 Å². The molecule has 3 heterocycles. The molecule has 0 amide bonds. The van der Waals surface area contributed by atoms with E-state index in [1.54, 1.807) is 4.57 Å². The van der Waals surface area contributed by atoms with Crippen LogP contribution in [0.5, 0.6) is 0 Å². The quantitative estimate of drug-likeness (QED) is 0.0665. The number of hydrogen-bond donors (Lipinski definition) is 0. The Morgan fingerprint density at radius 1 is 0.233 bits per heavy atom. The van der Waals surface area contributed by atoms with E-state index < -0.39 is 68.5 Å². The Bertz CT molecular complexity index is 8130. The maximum atomic E-state index is 10.2. The molecule has 133 heavy (non-hydrogen) atoms. The summed E-state index contributed by atoms with van der Waals surface area (Å²) in [5, 5.41) is 5.02. The summed E-state index contributed by atoms with van der Waals surface area (Å²) in [5.41, 5.74) is 30.1. The first kappa shape index (κ1) is 72.9. The highest BCUT2D eigenvalue weighted by atomic mass is 28.3. The zero-order valence-electron chi connectivity index (χ0n) is 83.0. The summed E-state index contributed by atoms with van der Waals surface area (Å²) in [6.45, 7) is 13.2. The molecule has 0 unspecified atom stereocenters. The van der Waals surface area contributed by atoms with Crippen LogP contribution in [-0.4, -0.2) is 19.4 Å². The van der Waals surface area contributed by atoms with Crippen molar-refractivity contribution in [1.82, 2.24) is 4.57 Å². The second-order valence-corrected chi connectivity index (χ2v) is 41.1. The van der Waals surface area contributed by atoms with E-state index in [-0.39, 0.29) is 27.2 Å². The molecule has 0 fully saturated rings. The number of aromatic nitrogens is 1. The Kier molecular flexibility index (Phi) is 18.4. The lowest BCUT2D eigenvalue weighted by atomic mass is 9.33. The number of nitrogens with zero attached hydrogens (tertiary/aromatic N) is 3. The van der Waals surface area contributed by atoms with E-state index >= 15 is 0 Å². The van der Waals surface area contributed by atoms with Crippen molar-refractivity contribution >= 4 is 108 Å². The van der Waals surface area contributed by atoms with Crippen LogP contribution < -0.4 is 46.9 Å². The standard InChI is InChI=1S/C128H98BN3Si/c1-127(2,3)103-82-112(98-53-35-49-93(75-98)87-39-15-7-16-40-87)125(113(83-103)99-54-36-50-94(76-99)88-41-17-8-18-42-88)131-120-74-69-97(92-67-71-109(72-68-92)133(106-57-25-12-26-58-106,107-59-27-13-28-60-107)108-61-29-14-30-62-108)79-117(120)129-116-73-70-105(130-118-65-33-31-63-110(118)111-64-32-34-66-119(111)130)86-121(116)132(123-81-102(80-122(131)124(123)129)91-47-23-11-24-48-91)126-114(100-55-37-51-95(77-100)89-43-19-9-20-44-89)84-104(128(4,5)6)85-115(126)101-56-38-52-96(78-101)90-45-21-10-22-46-90/h7-86H,1-6H3/i31D,32D,33D,34D,63D,64D,65D,66D. The van der Waals surface area contributed by atoms with Crippen LogP contribution in [0.3, 0.4) is 0 Å². The molecule has 2 aliphatic heterocycles. The molecule has 3 nitrogen and oxygen atoms in total. The fourth-order valence-electron chi connectivity index (χ4n) is 20.7. The number of benzene rings is 20. The number of fused-ring (bicyclic) bond motifs is 7. The zero-order valence-corrected chi connectivity index (χ0v) is 76.0. The number of para-hydroxylation sites is 2. The molecule has 20 aromatic carbocycles. The Morgan fingerprint density at radius 3 is 0.902 bits per heavy atom. The van der Waals surface area contributed by atoms with Gasteiger partial charge in [-0.15, -0.1) is 0 Å². The molecule has 0 atom stereocenters. The van der Waals surface area contributed by atoms with Gasteiger partial charge in [-0.25, -0.2) is 0 Å². The van der Waals surface area contributed by atoms with Gasteiger partial charge in [-0.1, -0.05) is 436 Å². The Morgan fingerprint density at radius 2 is 0.534 bits per heavy atom. The summed E-state index contributed by atoms with van der Waals surface area (Å²) >= 11 is 0. The van der Waals surface area contributed by atoms with E-state index in [9.17, 15) is 11.0 Å². The van der Waals surface area contributed by atoms with Gasteiger partial charge >= 0.3 is 0 Å². The van der Waals surface area contributed by atoms with Crippen LogP contribution in [-0.2, 0) is 10.8 Å². The monoisotopic (exact) mass is 1720 g/mol. The van der Waals surface area contributed by atoms with Crippen molar-refractivity contribution in [2.45, 2.75) is 52.4 Å². The molecular formula is C128H98BN3Si. The van der Waals surface area contributed by atoms with Crippen LogP contribution >= 0.6 is 0 Å². The minimum atomic E-state index is -3.05. The second-order valence-electron chi connectivity index (χ2n) is 37.3. The third-order valence-electron chi connectivity index (χ3n) is 27.2.